The van der Waals surface area contributed by atoms with Gasteiger partial charge in [-0.2, -0.15) is 4.31 Å². The second-order valence-electron chi connectivity index (χ2n) is 6.16. The van der Waals surface area contributed by atoms with Crippen LogP contribution in [-0.2, 0) is 16.4 Å². The highest BCUT2D eigenvalue weighted by Crippen LogP contribution is 2.26. The molecule has 0 unspecified atom stereocenters. The van der Waals surface area contributed by atoms with E-state index >= 15 is 0 Å². The van der Waals surface area contributed by atoms with Gasteiger partial charge in [0.05, 0.1) is 4.90 Å². The van der Waals surface area contributed by atoms with Crippen LogP contribution in [0, 0.1) is 11.8 Å². The maximum Gasteiger partial charge on any atom is 0.243 e. The molecule has 1 aromatic rings. The Labute approximate surface area is 123 Å². The SMILES string of the molecule is CCCc1ccc(S(=O)(=O)N2C[C@H](C)C[C@H](C)C2)cc1. The van der Waals surface area contributed by atoms with Crippen molar-refractivity contribution in [3.8, 4) is 0 Å². The summed E-state index contributed by atoms with van der Waals surface area (Å²) in [6, 6.07) is 7.38. The van der Waals surface area contributed by atoms with Crippen LogP contribution in [0.4, 0.5) is 0 Å². The average molecular weight is 295 g/mol. The van der Waals surface area contributed by atoms with Crippen LogP contribution in [-0.4, -0.2) is 25.8 Å². The molecule has 0 amide bonds. The topological polar surface area (TPSA) is 37.4 Å². The van der Waals surface area contributed by atoms with Crippen molar-refractivity contribution in [1.29, 1.82) is 0 Å². The van der Waals surface area contributed by atoms with E-state index in [0.29, 0.717) is 29.8 Å². The Balaban J connectivity index is 2.21. The smallest absolute Gasteiger partial charge is 0.207 e. The van der Waals surface area contributed by atoms with Gasteiger partial charge in [0.2, 0.25) is 10.0 Å². The van der Waals surface area contributed by atoms with Crippen LogP contribution in [0.5, 0.6) is 0 Å². The minimum atomic E-state index is -3.33. The van der Waals surface area contributed by atoms with Gasteiger partial charge in [0.25, 0.3) is 0 Å². The zero-order chi connectivity index (χ0) is 14.8. The van der Waals surface area contributed by atoms with Gasteiger partial charge in [-0.3, -0.25) is 0 Å². The molecule has 0 aromatic heterocycles. The highest BCUT2D eigenvalue weighted by atomic mass is 32.2. The lowest BCUT2D eigenvalue weighted by atomic mass is 9.94. The van der Waals surface area contributed by atoms with Gasteiger partial charge >= 0.3 is 0 Å². The summed E-state index contributed by atoms with van der Waals surface area (Å²) in [5.74, 6) is 0.876. The van der Waals surface area contributed by atoms with Crippen molar-refractivity contribution in [3.63, 3.8) is 0 Å². The molecule has 2 atom stereocenters. The van der Waals surface area contributed by atoms with Gasteiger partial charge in [0.1, 0.15) is 0 Å². The Hall–Kier alpha value is -0.870. The Morgan fingerprint density at radius 3 is 2.15 bits per heavy atom. The van der Waals surface area contributed by atoms with E-state index < -0.39 is 10.0 Å². The van der Waals surface area contributed by atoms with Crippen LogP contribution in [0.2, 0.25) is 0 Å². The van der Waals surface area contributed by atoms with Crippen molar-refractivity contribution in [2.75, 3.05) is 13.1 Å². The van der Waals surface area contributed by atoms with E-state index in [1.807, 2.05) is 12.1 Å². The van der Waals surface area contributed by atoms with Gasteiger partial charge in [-0.05, 0) is 42.4 Å². The number of nitrogens with zero attached hydrogens (tertiary/aromatic N) is 1. The molecular formula is C16H25NO2S. The number of hydrogen-bond acceptors (Lipinski definition) is 2. The number of benzene rings is 1. The minimum absolute atomic E-state index is 0.429. The third-order valence-electron chi connectivity index (χ3n) is 3.94. The molecule has 2 rings (SSSR count). The summed E-state index contributed by atoms with van der Waals surface area (Å²) in [6.45, 7) is 7.67. The van der Waals surface area contributed by atoms with Gasteiger partial charge in [-0.1, -0.05) is 39.3 Å². The summed E-state index contributed by atoms with van der Waals surface area (Å²) in [5.41, 5.74) is 1.20. The molecular weight excluding hydrogens is 270 g/mol. The fraction of sp³-hybridized carbons (Fsp3) is 0.625. The van der Waals surface area contributed by atoms with Crippen molar-refractivity contribution in [1.82, 2.24) is 4.31 Å². The summed E-state index contributed by atoms with van der Waals surface area (Å²) < 4.78 is 27.0. The predicted octanol–water partition coefficient (Wildman–Crippen LogP) is 3.31. The number of aryl methyl sites for hydroxylation is 1. The zero-order valence-electron chi connectivity index (χ0n) is 12.7. The molecule has 1 aromatic carbocycles. The molecule has 1 saturated heterocycles. The summed E-state index contributed by atoms with van der Waals surface area (Å²) in [5, 5.41) is 0. The van der Waals surface area contributed by atoms with Crippen molar-refractivity contribution in [3.05, 3.63) is 29.8 Å². The first-order chi connectivity index (χ1) is 9.43. The van der Waals surface area contributed by atoms with Gasteiger partial charge in [0.15, 0.2) is 0 Å². The van der Waals surface area contributed by atoms with Crippen molar-refractivity contribution in [2.24, 2.45) is 11.8 Å². The normalized spacial score (nSPS) is 24.8. The molecule has 1 heterocycles. The highest BCUT2D eigenvalue weighted by molar-refractivity contribution is 7.89. The molecule has 112 valence electrons. The third kappa shape index (κ3) is 3.41. The molecule has 3 nitrogen and oxygen atoms in total. The molecule has 0 saturated carbocycles. The second kappa shape index (κ2) is 6.27. The van der Waals surface area contributed by atoms with Crippen LogP contribution < -0.4 is 0 Å². The minimum Gasteiger partial charge on any atom is -0.207 e. The van der Waals surface area contributed by atoms with Crippen LogP contribution >= 0.6 is 0 Å². The fourth-order valence-electron chi connectivity index (χ4n) is 3.07. The van der Waals surface area contributed by atoms with Crippen molar-refractivity contribution in [2.45, 2.75) is 44.9 Å². The molecule has 1 aliphatic rings. The predicted molar refractivity (Wildman–Crippen MR) is 82.1 cm³/mol. The molecule has 0 aliphatic carbocycles. The van der Waals surface area contributed by atoms with E-state index in [-0.39, 0.29) is 0 Å². The number of sulfonamides is 1. The molecule has 0 N–H and O–H groups in total. The number of hydrogen-bond donors (Lipinski definition) is 0. The quantitative estimate of drug-likeness (QED) is 0.854. The first-order valence-corrected chi connectivity index (χ1v) is 8.96. The van der Waals surface area contributed by atoms with E-state index in [2.05, 4.69) is 20.8 Å². The van der Waals surface area contributed by atoms with E-state index in [4.69, 9.17) is 0 Å². The Kier molecular flexibility index (Phi) is 4.86. The number of rotatable bonds is 4. The number of piperidine rings is 1. The molecule has 1 fully saturated rings. The van der Waals surface area contributed by atoms with Crippen LogP contribution in [0.3, 0.4) is 0 Å². The van der Waals surface area contributed by atoms with Gasteiger partial charge in [-0.25, -0.2) is 8.42 Å². The van der Waals surface area contributed by atoms with E-state index in [1.54, 1.807) is 16.4 Å². The first kappa shape index (κ1) is 15.5. The average Bonchev–Trinajstić information content (AvgIpc) is 2.38. The fourth-order valence-corrected chi connectivity index (χ4v) is 4.75. The molecule has 0 radical (unpaired) electrons. The Morgan fingerprint density at radius 2 is 1.65 bits per heavy atom. The van der Waals surface area contributed by atoms with Gasteiger partial charge in [0, 0.05) is 13.1 Å². The molecule has 1 aliphatic heterocycles. The third-order valence-corrected chi connectivity index (χ3v) is 5.78. The van der Waals surface area contributed by atoms with Crippen molar-refractivity contribution < 1.29 is 8.42 Å². The first-order valence-electron chi connectivity index (χ1n) is 7.52. The highest BCUT2D eigenvalue weighted by Gasteiger charge is 2.31. The standard InChI is InChI=1S/C16H25NO2S/c1-4-5-15-6-8-16(9-7-15)20(18,19)17-11-13(2)10-14(3)12-17/h6-9,13-14H,4-5,10-12H2,1-3H3/t13-,14+. The Morgan fingerprint density at radius 1 is 1.10 bits per heavy atom. The summed E-state index contributed by atoms with van der Waals surface area (Å²) in [4.78, 5) is 0.429. The van der Waals surface area contributed by atoms with Crippen molar-refractivity contribution >= 4 is 10.0 Å². The summed E-state index contributed by atoms with van der Waals surface area (Å²) in [7, 11) is -3.33. The second-order valence-corrected chi connectivity index (χ2v) is 8.10. The van der Waals surface area contributed by atoms with E-state index in [0.717, 1.165) is 19.3 Å². The van der Waals surface area contributed by atoms with E-state index in [9.17, 15) is 8.42 Å². The lowest BCUT2D eigenvalue weighted by Gasteiger charge is -2.34. The van der Waals surface area contributed by atoms with Gasteiger partial charge < -0.3 is 0 Å². The lowest BCUT2D eigenvalue weighted by molar-refractivity contribution is 0.222. The van der Waals surface area contributed by atoms with Crippen LogP contribution in [0.15, 0.2) is 29.2 Å². The lowest BCUT2D eigenvalue weighted by Crippen LogP contribution is -2.42. The summed E-state index contributed by atoms with van der Waals surface area (Å²) in [6.07, 6.45) is 3.19. The van der Waals surface area contributed by atoms with Crippen LogP contribution in [0.1, 0.15) is 39.2 Å². The molecule has 0 spiro atoms. The van der Waals surface area contributed by atoms with Gasteiger partial charge in [-0.15, -0.1) is 0 Å². The van der Waals surface area contributed by atoms with Crippen LogP contribution in [0.25, 0.3) is 0 Å². The summed E-state index contributed by atoms with van der Waals surface area (Å²) >= 11 is 0. The zero-order valence-corrected chi connectivity index (χ0v) is 13.5. The monoisotopic (exact) mass is 295 g/mol. The molecule has 0 bridgehead atoms. The maximum atomic E-state index is 12.7. The Bertz CT molecular complexity index is 526. The van der Waals surface area contributed by atoms with E-state index in [1.165, 1.54) is 5.56 Å². The largest absolute Gasteiger partial charge is 0.243 e. The molecule has 20 heavy (non-hydrogen) atoms. The maximum absolute atomic E-state index is 12.7. The molecule has 4 heteroatoms.